The Morgan fingerprint density at radius 3 is 2.74 bits per heavy atom. The summed E-state index contributed by atoms with van der Waals surface area (Å²) in [5.41, 5.74) is 2.15. The van der Waals surface area contributed by atoms with E-state index in [1.54, 1.807) is 12.1 Å². The summed E-state index contributed by atoms with van der Waals surface area (Å²) >= 11 is 0. The first-order valence-corrected chi connectivity index (χ1v) is 7.85. The van der Waals surface area contributed by atoms with E-state index in [1.807, 2.05) is 13.0 Å². The van der Waals surface area contributed by atoms with E-state index in [-0.39, 0.29) is 12.4 Å². The molecule has 0 aliphatic heterocycles. The number of benzene rings is 1. The van der Waals surface area contributed by atoms with Crippen LogP contribution < -0.4 is 4.72 Å². The number of sulfonamides is 1. The maximum absolute atomic E-state index is 11.9. The van der Waals surface area contributed by atoms with Crippen molar-refractivity contribution in [3.8, 4) is 11.8 Å². The summed E-state index contributed by atoms with van der Waals surface area (Å²) < 4.78 is 26.4. The number of aryl methyl sites for hydroxylation is 1. The molecular formula is C14H17NO3S. The molecule has 2 N–H and O–H groups in total. The maximum atomic E-state index is 11.9. The van der Waals surface area contributed by atoms with Crippen molar-refractivity contribution in [3.05, 3.63) is 29.3 Å². The van der Waals surface area contributed by atoms with E-state index in [4.69, 9.17) is 5.11 Å². The van der Waals surface area contributed by atoms with Crippen LogP contribution in [0.4, 0.5) is 5.69 Å². The van der Waals surface area contributed by atoms with Crippen molar-refractivity contribution in [1.29, 1.82) is 0 Å². The molecule has 0 heterocycles. The molecule has 19 heavy (non-hydrogen) atoms. The van der Waals surface area contributed by atoms with E-state index in [1.165, 1.54) is 0 Å². The normalized spacial score (nSPS) is 14.6. The summed E-state index contributed by atoms with van der Waals surface area (Å²) in [7, 11) is -3.27. The van der Waals surface area contributed by atoms with E-state index in [0.717, 1.165) is 18.4 Å². The second-order valence-electron chi connectivity index (χ2n) is 4.87. The molecule has 1 aromatic rings. The molecule has 0 unspecified atom stereocenters. The minimum Gasteiger partial charge on any atom is -0.384 e. The Morgan fingerprint density at radius 1 is 1.37 bits per heavy atom. The predicted octanol–water partition coefficient (Wildman–Crippen LogP) is 1.49. The predicted molar refractivity (Wildman–Crippen MR) is 75.3 cm³/mol. The Morgan fingerprint density at radius 2 is 2.11 bits per heavy atom. The fraction of sp³-hybridized carbons (Fsp3) is 0.429. The minimum atomic E-state index is -3.27. The van der Waals surface area contributed by atoms with E-state index in [2.05, 4.69) is 16.6 Å². The summed E-state index contributed by atoms with van der Waals surface area (Å²) in [4.78, 5) is 0. The van der Waals surface area contributed by atoms with Crippen molar-refractivity contribution in [2.75, 3.05) is 17.1 Å². The van der Waals surface area contributed by atoms with E-state index in [0.29, 0.717) is 17.2 Å². The number of rotatable bonds is 4. The molecule has 1 saturated carbocycles. The molecule has 5 heteroatoms. The third kappa shape index (κ3) is 4.58. The molecule has 1 aliphatic rings. The number of hydrogen-bond donors (Lipinski definition) is 2. The van der Waals surface area contributed by atoms with Crippen LogP contribution in [0.15, 0.2) is 18.2 Å². The fourth-order valence-corrected chi connectivity index (χ4v) is 3.39. The summed E-state index contributed by atoms with van der Waals surface area (Å²) in [6.07, 6.45) is 2.00. The zero-order valence-corrected chi connectivity index (χ0v) is 11.6. The van der Waals surface area contributed by atoms with Gasteiger partial charge in [0, 0.05) is 11.3 Å². The van der Waals surface area contributed by atoms with Gasteiger partial charge < -0.3 is 5.11 Å². The Balaban J connectivity index is 2.17. The summed E-state index contributed by atoms with van der Waals surface area (Å²) in [5, 5.41) is 8.67. The Hall–Kier alpha value is -1.51. The lowest BCUT2D eigenvalue weighted by molar-refractivity contribution is 0.350. The molecule has 0 amide bonds. The first-order valence-electron chi connectivity index (χ1n) is 6.20. The lowest BCUT2D eigenvalue weighted by Gasteiger charge is -2.08. The minimum absolute atomic E-state index is 0.193. The van der Waals surface area contributed by atoms with Gasteiger partial charge in [0.25, 0.3) is 0 Å². The molecule has 1 aliphatic carbocycles. The molecule has 0 spiro atoms. The fourth-order valence-electron chi connectivity index (χ4n) is 1.87. The highest BCUT2D eigenvalue weighted by molar-refractivity contribution is 7.92. The van der Waals surface area contributed by atoms with Crippen LogP contribution in [-0.2, 0) is 10.0 Å². The van der Waals surface area contributed by atoms with Crippen LogP contribution in [0.25, 0.3) is 0 Å². The lowest BCUT2D eigenvalue weighted by atomic mass is 10.1. The Labute approximate surface area is 113 Å². The highest BCUT2D eigenvalue weighted by Crippen LogP contribution is 2.30. The zero-order chi connectivity index (χ0) is 13.9. The van der Waals surface area contributed by atoms with Crippen LogP contribution in [0.1, 0.15) is 24.0 Å². The van der Waals surface area contributed by atoms with Gasteiger partial charge in [-0.3, -0.25) is 4.72 Å². The van der Waals surface area contributed by atoms with Gasteiger partial charge in [0.2, 0.25) is 10.0 Å². The third-order valence-electron chi connectivity index (χ3n) is 2.81. The van der Waals surface area contributed by atoms with E-state index in [9.17, 15) is 8.42 Å². The van der Waals surface area contributed by atoms with Crippen LogP contribution in [0.5, 0.6) is 0 Å². The quantitative estimate of drug-likeness (QED) is 0.821. The van der Waals surface area contributed by atoms with Crippen LogP contribution in [0.3, 0.4) is 0 Å². The molecule has 102 valence electrons. The number of aliphatic hydroxyl groups is 1. The standard InChI is InChI=1S/C14H17NO3S/c1-11-7-13(3-2-6-16)9-14(8-11)15-19(17,18)10-12-4-5-12/h7-9,12,15-16H,4-6,10H2,1H3. The van der Waals surface area contributed by atoms with Crippen molar-refractivity contribution >= 4 is 15.7 Å². The largest absolute Gasteiger partial charge is 0.384 e. The summed E-state index contributed by atoms with van der Waals surface area (Å²) in [5.74, 6) is 5.84. The van der Waals surface area contributed by atoms with Gasteiger partial charge in [-0.2, -0.15) is 0 Å². The van der Waals surface area contributed by atoms with E-state index >= 15 is 0 Å². The van der Waals surface area contributed by atoms with Crippen molar-refractivity contribution in [3.63, 3.8) is 0 Å². The van der Waals surface area contributed by atoms with Crippen LogP contribution in [-0.4, -0.2) is 25.9 Å². The highest BCUT2D eigenvalue weighted by Gasteiger charge is 2.27. The van der Waals surface area contributed by atoms with Gasteiger partial charge in [-0.15, -0.1) is 0 Å². The second-order valence-corrected chi connectivity index (χ2v) is 6.64. The van der Waals surface area contributed by atoms with Gasteiger partial charge in [0.15, 0.2) is 0 Å². The van der Waals surface area contributed by atoms with Crippen molar-refractivity contribution in [2.45, 2.75) is 19.8 Å². The van der Waals surface area contributed by atoms with Crippen LogP contribution in [0.2, 0.25) is 0 Å². The molecule has 0 saturated heterocycles. The molecule has 2 rings (SSSR count). The third-order valence-corrected chi connectivity index (χ3v) is 4.27. The van der Waals surface area contributed by atoms with E-state index < -0.39 is 10.0 Å². The van der Waals surface area contributed by atoms with Crippen LogP contribution in [0, 0.1) is 24.7 Å². The number of aliphatic hydroxyl groups excluding tert-OH is 1. The van der Waals surface area contributed by atoms with Crippen molar-refractivity contribution in [1.82, 2.24) is 0 Å². The monoisotopic (exact) mass is 279 g/mol. The lowest BCUT2D eigenvalue weighted by Crippen LogP contribution is -2.17. The maximum Gasteiger partial charge on any atom is 0.232 e. The van der Waals surface area contributed by atoms with Gasteiger partial charge in [0.05, 0.1) is 5.75 Å². The molecule has 0 bridgehead atoms. The molecule has 0 aromatic heterocycles. The average Bonchev–Trinajstić information content (AvgIpc) is 3.07. The van der Waals surface area contributed by atoms with Gasteiger partial charge in [-0.25, -0.2) is 8.42 Å². The van der Waals surface area contributed by atoms with Crippen molar-refractivity contribution in [2.24, 2.45) is 5.92 Å². The molecule has 0 radical (unpaired) electrons. The number of nitrogens with one attached hydrogen (secondary N) is 1. The smallest absolute Gasteiger partial charge is 0.232 e. The summed E-state index contributed by atoms with van der Waals surface area (Å²) in [6.45, 7) is 1.67. The highest BCUT2D eigenvalue weighted by atomic mass is 32.2. The van der Waals surface area contributed by atoms with Gasteiger partial charge >= 0.3 is 0 Å². The number of hydrogen-bond acceptors (Lipinski definition) is 3. The SMILES string of the molecule is Cc1cc(C#CCO)cc(NS(=O)(=O)CC2CC2)c1. The van der Waals surface area contributed by atoms with Gasteiger partial charge in [0.1, 0.15) is 6.61 Å². The Kier molecular flexibility index (Phi) is 4.13. The van der Waals surface area contributed by atoms with Gasteiger partial charge in [-0.1, -0.05) is 11.8 Å². The Bertz CT molecular complexity index is 622. The second kappa shape index (κ2) is 5.64. The molecular weight excluding hydrogens is 262 g/mol. The average molecular weight is 279 g/mol. The molecule has 1 aromatic carbocycles. The zero-order valence-electron chi connectivity index (χ0n) is 10.8. The first kappa shape index (κ1) is 13.9. The molecule has 4 nitrogen and oxygen atoms in total. The summed E-state index contributed by atoms with van der Waals surface area (Å²) in [6, 6.07) is 5.30. The van der Waals surface area contributed by atoms with Gasteiger partial charge in [-0.05, 0) is 49.4 Å². The topological polar surface area (TPSA) is 66.4 Å². The van der Waals surface area contributed by atoms with Crippen LogP contribution >= 0.6 is 0 Å². The molecule has 1 fully saturated rings. The number of anilines is 1. The first-order chi connectivity index (χ1) is 8.98. The van der Waals surface area contributed by atoms with Crippen molar-refractivity contribution < 1.29 is 13.5 Å². The molecule has 0 atom stereocenters.